The zero-order chi connectivity index (χ0) is 18.2. The number of carbonyl (C=O) groups excluding carboxylic acids is 2. The Hall–Kier alpha value is -2.56. The summed E-state index contributed by atoms with van der Waals surface area (Å²) in [5, 5.41) is 1.13. The van der Waals surface area contributed by atoms with Crippen molar-refractivity contribution in [2.75, 3.05) is 14.2 Å². The standard InChI is InChI=1S/C20H23NO4/c1-5-13-10-11-20(18(22)24-3,19(23)25-4)12-16-17(13)14-8-6-7-9-15(14)21(16)2/h5-9,13H,1,10-12H2,2-4H3. The number of esters is 2. The summed E-state index contributed by atoms with van der Waals surface area (Å²) in [5.41, 5.74) is 1.85. The number of ether oxygens (including phenoxy) is 2. The van der Waals surface area contributed by atoms with Crippen molar-refractivity contribution in [3.05, 3.63) is 48.2 Å². The maximum absolute atomic E-state index is 12.6. The van der Waals surface area contributed by atoms with Gasteiger partial charge in [0.2, 0.25) is 0 Å². The first-order chi connectivity index (χ1) is 12.0. The minimum absolute atomic E-state index is 0.0669. The number of hydrogen-bond acceptors (Lipinski definition) is 4. The minimum Gasteiger partial charge on any atom is -0.468 e. The third-order valence-electron chi connectivity index (χ3n) is 5.43. The van der Waals surface area contributed by atoms with Gasteiger partial charge in [-0.3, -0.25) is 9.59 Å². The monoisotopic (exact) mass is 341 g/mol. The molecule has 5 nitrogen and oxygen atoms in total. The van der Waals surface area contributed by atoms with Gasteiger partial charge in [0, 0.05) is 36.0 Å². The lowest BCUT2D eigenvalue weighted by atomic mass is 9.79. The van der Waals surface area contributed by atoms with Crippen LogP contribution in [0.2, 0.25) is 0 Å². The number of hydrogen-bond donors (Lipinski definition) is 0. The molecule has 0 radical (unpaired) electrons. The van der Waals surface area contributed by atoms with Crippen LogP contribution >= 0.6 is 0 Å². The van der Waals surface area contributed by atoms with Gasteiger partial charge in [-0.05, 0) is 24.5 Å². The highest BCUT2D eigenvalue weighted by atomic mass is 16.5. The SMILES string of the molecule is C=CC1CCC(C(=O)OC)(C(=O)OC)Cc2c1c1ccccc1n2C. The number of aromatic nitrogens is 1. The number of rotatable bonds is 3. The van der Waals surface area contributed by atoms with Gasteiger partial charge in [0.1, 0.15) is 0 Å². The first-order valence-electron chi connectivity index (χ1n) is 8.35. The van der Waals surface area contributed by atoms with Crippen molar-refractivity contribution in [1.82, 2.24) is 4.57 Å². The summed E-state index contributed by atoms with van der Waals surface area (Å²) in [7, 11) is 4.59. The molecule has 1 unspecified atom stereocenters. The van der Waals surface area contributed by atoms with Crippen molar-refractivity contribution in [1.29, 1.82) is 0 Å². The average molecular weight is 341 g/mol. The van der Waals surface area contributed by atoms with Gasteiger partial charge in [-0.2, -0.15) is 0 Å². The molecule has 1 aliphatic carbocycles. The molecule has 1 aromatic carbocycles. The van der Waals surface area contributed by atoms with E-state index < -0.39 is 17.4 Å². The Balaban J connectivity index is 2.28. The summed E-state index contributed by atoms with van der Waals surface area (Å²) in [6, 6.07) is 8.11. The third-order valence-corrected chi connectivity index (χ3v) is 5.43. The van der Waals surface area contributed by atoms with Crippen LogP contribution in [0.15, 0.2) is 36.9 Å². The highest BCUT2D eigenvalue weighted by Crippen LogP contribution is 2.45. The first-order valence-corrected chi connectivity index (χ1v) is 8.35. The molecule has 3 rings (SSSR count). The lowest BCUT2D eigenvalue weighted by molar-refractivity contribution is -0.169. The summed E-state index contributed by atoms with van der Waals surface area (Å²) in [6.45, 7) is 3.98. The predicted molar refractivity (Wildman–Crippen MR) is 95.3 cm³/mol. The van der Waals surface area contributed by atoms with E-state index in [1.807, 2.05) is 31.3 Å². The molecular weight excluding hydrogens is 318 g/mol. The molecule has 1 aliphatic rings. The molecular formula is C20H23NO4. The molecule has 1 heterocycles. The van der Waals surface area contributed by atoms with E-state index in [9.17, 15) is 9.59 Å². The van der Waals surface area contributed by atoms with Gasteiger partial charge < -0.3 is 14.0 Å². The summed E-state index contributed by atoms with van der Waals surface area (Å²) >= 11 is 0. The van der Waals surface area contributed by atoms with Gasteiger partial charge in [0.05, 0.1) is 14.2 Å². The van der Waals surface area contributed by atoms with E-state index in [0.29, 0.717) is 12.8 Å². The van der Waals surface area contributed by atoms with Gasteiger partial charge in [-0.15, -0.1) is 6.58 Å². The van der Waals surface area contributed by atoms with Crippen molar-refractivity contribution in [3.63, 3.8) is 0 Å². The molecule has 1 aromatic heterocycles. The number of allylic oxidation sites excluding steroid dienone is 1. The second kappa shape index (κ2) is 6.39. The molecule has 2 aromatic rings. The quantitative estimate of drug-likeness (QED) is 0.372. The van der Waals surface area contributed by atoms with Crippen molar-refractivity contribution in [2.24, 2.45) is 12.5 Å². The number of benzene rings is 1. The highest BCUT2D eigenvalue weighted by Gasteiger charge is 2.51. The van der Waals surface area contributed by atoms with Crippen LogP contribution in [-0.4, -0.2) is 30.7 Å². The van der Waals surface area contributed by atoms with Crippen molar-refractivity contribution < 1.29 is 19.1 Å². The van der Waals surface area contributed by atoms with Crippen molar-refractivity contribution in [3.8, 4) is 0 Å². The van der Waals surface area contributed by atoms with Gasteiger partial charge in [-0.25, -0.2) is 0 Å². The fourth-order valence-corrected chi connectivity index (χ4v) is 4.08. The topological polar surface area (TPSA) is 57.5 Å². The summed E-state index contributed by atoms with van der Waals surface area (Å²) < 4.78 is 12.1. The predicted octanol–water partition coefficient (Wildman–Crippen LogP) is 3.12. The second-order valence-corrected chi connectivity index (χ2v) is 6.56. The van der Waals surface area contributed by atoms with Crippen LogP contribution in [0.3, 0.4) is 0 Å². The maximum atomic E-state index is 12.6. The van der Waals surface area contributed by atoms with Crippen LogP contribution in [0.5, 0.6) is 0 Å². The highest BCUT2D eigenvalue weighted by molar-refractivity contribution is 6.01. The number of para-hydroxylation sites is 1. The van der Waals surface area contributed by atoms with E-state index in [1.165, 1.54) is 14.2 Å². The lowest BCUT2D eigenvalue weighted by Crippen LogP contribution is -2.43. The zero-order valence-electron chi connectivity index (χ0n) is 14.9. The summed E-state index contributed by atoms with van der Waals surface area (Å²) in [4.78, 5) is 25.2. The number of aryl methyl sites for hydroxylation is 1. The van der Waals surface area contributed by atoms with Gasteiger partial charge >= 0.3 is 11.9 Å². The molecule has 132 valence electrons. The van der Waals surface area contributed by atoms with E-state index in [1.54, 1.807) is 0 Å². The molecule has 0 spiro atoms. The number of carbonyl (C=O) groups is 2. The summed E-state index contributed by atoms with van der Waals surface area (Å²) in [5.74, 6) is -1.02. The van der Waals surface area contributed by atoms with E-state index in [-0.39, 0.29) is 12.3 Å². The Morgan fingerprint density at radius 2 is 1.88 bits per heavy atom. The van der Waals surface area contributed by atoms with E-state index in [0.717, 1.165) is 22.2 Å². The van der Waals surface area contributed by atoms with Gasteiger partial charge in [0.25, 0.3) is 0 Å². The third kappa shape index (κ3) is 2.46. The Labute approximate surface area is 147 Å². The Kier molecular flexibility index (Phi) is 4.41. The Bertz CT molecular complexity index is 833. The molecule has 0 amide bonds. The maximum Gasteiger partial charge on any atom is 0.323 e. The van der Waals surface area contributed by atoms with Gasteiger partial charge in [0.15, 0.2) is 5.41 Å². The molecule has 1 atom stereocenters. The minimum atomic E-state index is -1.32. The molecule has 0 bridgehead atoms. The first kappa shape index (κ1) is 17.3. The van der Waals surface area contributed by atoms with Crippen molar-refractivity contribution in [2.45, 2.75) is 25.2 Å². The van der Waals surface area contributed by atoms with Gasteiger partial charge in [-0.1, -0.05) is 24.3 Å². The smallest absolute Gasteiger partial charge is 0.323 e. The largest absolute Gasteiger partial charge is 0.468 e. The molecule has 0 N–H and O–H groups in total. The van der Waals surface area contributed by atoms with Crippen LogP contribution in [0.25, 0.3) is 10.9 Å². The van der Waals surface area contributed by atoms with Crippen LogP contribution in [0.4, 0.5) is 0 Å². The zero-order valence-corrected chi connectivity index (χ0v) is 14.9. The molecule has 25 heavy (non-hydrogen) atoms. The van der Waals surface area contributed by atoms with Crippen LogP contribution in [0.1, 0.15) is 30.0 Å². The fourth-order valence-electron chi connectivity index (χ4n) is 4.08. The van der Waals surface area contributed by atoms with E-state index in [4.69, 9.17) is 9.47 Å². The van der Waals surface area contributed by atoms with E-state index in [2.05, 4.69) is 17.2 Å². The fraction of sp³-hybridized carbons (Fsp3) is 0.400. The van der Waals surface area contributed by atoms with Crippen LogP contribution in [-0.2, 0) is 32.5 Å². The Morgan fingerprint density at radius 1 is 1.24 bits per heavy atom. The summed E-state index contributed by atoms with van der Waals surface area (Å²) in [6.07, 6.45) is 3.16. The lowest BCUT2D eigenvalue weighted by Gasteiger charge is -2.27. The van der Waals surface area contributed by atoms with Crippen LogP contribution in [0, 0.1) is 5.41 Å². The van der Waals surface area contributed by atoms with E-state index >= 15 is 0 Å². The number of nitrogens with zero attached hydrogens (tertiary/aromatic N) is 1. The molecule has 0 aliphatic heterocycles. The molecule has 0 saturated heterocycles. The molecule has 0 fully saturated rings. The number of methoxy groups -OCH3 is 2. The van der Waals surface area contributed by atoms with Crippen molar-refractivity contribution >= 4 is 22.8 Å². The number of fused-ring (bicyclic) bond motifs is 3. The molecule has 5 heteroatoms. The Morgan fingerprint density at radius 3 is 2.48 bits per heavy atom. The van der Waals surface area contributed by atoms with Crippen LogP contribution < -0.4 is 0 Å². The normalized spacial score (nSPS) is 18.9. The molecule has 0 saturated carbocycles. The second-order valence-electron chi connectivity index (χ2n) is 6.56. The average Bonchev–Trinajstić information content (AvgIpc) is 2.82.